The van der Waals surface area contributed by atoms with Crippen LogP contribution in [0.3, 0.4) is 0 Å². The van der Waals surface area contributed by atoms with Gasteiger partial charge >= 0.3 is 0 Å². The van der Waals surface area contributed by atoms with Crippen molar-refractivity contribution in [3.63, 3.8) is 0 Å². The molecule has 0 aliphatic heterocycles. The fraction of sp³-hybridized carbons (Fsp3) is 0.875. The van der Waals surface area contributed by atoms with Crippen molar-refractivity contribution in [3.05, 3.63) is 11.1 Å². The molecule has 1 atom stereocenters. The van der Waals surface area contributed by atoms with E-state index >= 15 is 0 Å². The van der Waals surface area contributed by atoms with E-state index < -0.39 is 0 Å². The largest absolute Gasteiger partial charge is 0.0775 e. The Morgan fingerprint density at radius 1 is 0.938 bits per heavy atom. The minimum Gasteiger partial charge on any atom is -0.0775 e. The first kappa shape index (κ1) is 15.7. The molecule has 0 nitrogen and oxygen atoms in total. The maximum Gasteiger partial charge on any atom is -0.0284 e. The molecule has 0 aromatic rings. The van der Waals surface area contributed by atoms with Crippen molar-refractivity contribution in [2.24, 2.45) is 23.2 Å². The molecule has 0 heterocycles. The van der Waals surface area contributed by atoms with E-state index in [1.165, 1.54) is 12.0 Å². The second-order valence-corrected chi connectivity index (χ2v) is 6.81. The molecular formula is C16H32. The highest BCUT2D eigenvalue weighted by Gasteiger charge is 2.34. The van der Waals surface area contributed by atoms with E-state index in [0.29, 0.717) is 5.41 Å². The summed E-state index contributed by atoms with van der Waals surface area (Å²) in [5.74, 6) is 2.28. The molecule has 0 amide bonds. The lowest BCUT2D eigenvalue weighted by atomic mass is 9.64. The zero-order chi connectivity index (χ0) is 13.1. The summed E-state index contributed by atoms with van der Waals surface area (Å²) in [6.07, 6.45) is 1.26. The Morgan fingerprint density at radius 3 is 1.62 bits per heavy atom. The van der Waals surface area contributed by atoms with Crippen molar-refractivity contribution in [2.45, 2.75) is 68.7 Å². The molecule has 0 bridgehead atoms. The Bertz CT molecular complexity index is 237. The Balaban J connectivity index is 4.98. The molecule has 0 radical (unpaired) electrons. The number of hydrogen-bond donors (Lipinski definition) is 0. The van der Waals surface area contributed by atoms with Gasteiger partial charge < -0.3 is 0 Å². The van der Waals surface area contributed by atoms with Crippen molar-refractivity contribution < 1.29 is 0 Å². The van der Waals surface area contributed by atoms with E-state index in [2.05, 4.69) is 62.3 Å². The third kappa shape index (κ3) is 3.96. The van der Waals surface area contributed by atoms with Crippen LogP contribution in [0, 0.1) is 23.2 Å². The summed E-state index contributed by atoms with van der Waals surface area (Å²) in [6, 6.07) is 0. The Hall–Kier alpha value is -0.260. The summed E-state index contributed by atoms with van der Waals surface area (Å²) in [4.78, 5) is 0. The normalized spacial score (nSPS) is 14.4. The molecular weight excluding hydrogens is 192 g/mol. The summed E-state index contributed by atoms with van der Waals surface area (Å²) in [6.45, 7) is 21.1. The van der Waals surface area contributed by atoms with E-state index in [9.17, 15) is 0 Å². The highest BCUT2D eigenvalue weighted by atomic mass is 14.4. The fourth-order valence-electron chi connectivity index (χ4n) is 2.32. The van der Waals surface area contributed by atoms with E-state index in [1.807, 2.05) is 0 Å². The molecule has 96 valence electrons. The van der Waals surface area contributed by atoms with Gasteiger partial charge in [0.2, 0.25) is 0 Å². The van der Waals surface area contributed by atoms with Gasteiger partial charge in [-0.15, -0.1) is 0 Å². The number of allylic oxidation sites excluding steroid dienone is 2. The Labute approximate surface area is 104 Å². The lowest BCUT2D eigenvalue weighted by molar-refractivity contribution is 0.0970. The van der Waals surface area contributed by atoms with Crippen LogP contribution in [0.15, 0.2) is 11.1 Å². The van der Waals surface area contributed by atoms with E-state index in [0.717, 1.165) is 17.8 Å². The van der Waals surface area contributed by atoms with Gasteiger partial charge in [-0.25, -0.2) is 0 Å². The fourth-order valence-corrected chi connectivity index (χ4v) is 2.32. The SMILES string of the molecule is CC(C)=C(C)CC(C(C)C)C(C)(C)C(C)C. The predicted octanol–water partition coefficient (Wildman–Crippen LogP) is 5.69. The zero-order valence-corrected chi connectivity index (χ0v) is 12.9. The van der Waals surface area contributed by atoms with Crippen molar-refractivity contribution in [3.8, 4) is 0 Å². The van der Waals surface area contributed by atoms with Crippen LogP contribution in [0.25, 0.3) is 0 Å². The summed E-state index contributed by atoms with van der Waals surface area (Å²) < 4.78 is 0. The Morgan fingerprint density at radius 2 is 1.38 bits per heavy atom. The highest BCUT2D eigenvalue weighted by molar-refractivity contribution is 5.08. The first-order chi connectivity index (χ1) is 7.10. The molecule has 0 aromatic heterocycles. The second-order valence-electron chi connectivity index (χ2n) is 6.81. The first-order valence-corrected chi connectivity index (χ1v) is 6.73. The average Bonchev–Trinajstić information content (AvgIpc) is 2.12. The van der Waals surface area contributed by atoms with Crippen LogP contribution < -0.4 is 0 Å². The predicted molar refractivity (Wildman–Crippen MR) is 75.6 cm³/mol. The Kier molecular flexibility index (Phi) is 5.79. The third-order valence-corrected chi connectivity index (χ3v) is 4.63. The smallest absolute Gasteiger partial charge is 0.0284 e. The minimum atomic E-state index is 0.422. The van der Waals surface area contributed by atoms with Crippen LogP contribution in [0.5, 0.6) is 0 Å². The van der Waals surface area contributed by atoms with Gasteiger partial charge in [0.25, 0.3) is 0 Å². The zero-order valence-electron chi connectivity index (χ0n) is 12.9. The molecule has 0 rings (SSSR count). The molecule has 0 saturated heterocycles. The quantitative estimate of drug-likeness (QED) is 0.526. The van der Waals surface area contributed by atoms with E-state index in [4.69, 9.17) is 0 Å². The third-order valence-electron chi connectivity index (χ3n) is 4.63. The van der Waals surface area contributed by atoms with Crippen LogP contribution in [0.2, 0.25) is 0 Å². The second kappa shape index (κ2) is 5.89. The monoisotopic (exact) mass is 224 g/mol. The number of rotatable bonds is 5. The number of hydrogen-bond acceptors (Lipinski definition) is 0. The maximum absolute atomic E-state index is 2.43. The topological polar surface area (TPSA) is 0 Å². The summed E-state index contributed by atoms with van der Waals surface area (Å²) >= 11 is 0. The van der Waals surface area contributed by atoms with E-state index in [-0.39, 0.29) is 0 Å². The van der Waals surface area contributed by atoms with Gasteiger partial charge in [-0.2, -0.15) is 0 Å². The summed E-state index contributed by atoms with van der Waals surface area (Å²) in [5.41, 5.74) is 3.49. The van der Waals surface area contributed by atoms with Crippen molar-refractivity contribution in [2.75, 3.05) is 0 Å². The molecule has 0 aliphatic rings. The lowest BCUT2D eigenvalue weighted by Gasteiger charge is -2.41. The standard InChI is InChI=1S/C16H32/c1-11(2)14(7)10-15(12(3)4)16(8,9)13(5)6/h12-13,15H,10H2,1-9H3. The van der Waals surface area contributed by atoms with Crippen LogP contribution >= 0.6 is 0 Å². The first-order valence-electron chi connectivity index (χ1n) is 6.73. The van der Waals surface area contributed by atoms with Gasteiger partial charge in [-0.05, 0) is 50.4 Å². The molecule has 1 unspecified atom stereocenters. The molecule has 0 N–H and O–H groups in total. The van der Waals surface area contributed by atoms with Gasteiger partial charge in [0.05, 0.1) is 0 Å². The van der Waals surface area contributed by atoms with Gasteiger partial charge in [0.1, 0.15) is 0 Å². The van der Waals surface area contributed by atoms with Gasteiger partial charge in [0.15, 0.2) is 0 Å². The average molecular weight is 224 g/mol. The summed E-state index contributed by atoms with van der Waals surface area (Å²) in [7, 11) is 0. The molecule has 0 heteroatoms. The molecule has 16 heavy (non-hydrogen) atoms. The molecule has 0 aliphatic carbocycles. The van der Waals surface area contributed by atoms with E-state index in [1.54, 1.807) is 5.57 Å². The lowest BCUT2D eigenvalue weighted by Crippen LogP contribution is -2.33. The molecule has 0 fully saturated rings. The van der Waals surface area contributed by atoms with Crippen molar-refractivity contribution >= 4 is 0 Å². The van der Waals surface area contributed by atoms with Crippen molar-refractivity contribution in [1.29, 1.82) is 0 Å². The van der Waals surface area contributed by atoms with Crippen LogP contribution in [0.4, 0.5) is 0 Å². The highest BCUT2D eigenvalue weighted by Crippen LogP contribution is 2.42. The van der Waals surface area contributed by atoms with Gasteiger partial charge in [0, 0.05) is 0 Å². The van der Waals surface area contributed by atoms with Crippen LogP contribution in [-0.2, 0) is 0 Å². The molecule has 0 aromatic carbocycles. The summed E-state index contributed by atoms with van der Waals surface area (Å²) in [5, 5.41) is 0. The minimum absolute atomic E-state index is 0.422. The molecule has 0 saturated carbocycles. The van der Waals surface area contributed by atoms with Crippen molar-refractivity contribution in [1.82, 2.24) is 0 Å². The van der Waals surface area contributed by atoms with Crippen LogP contribution in [0.1, 0.15) is 68.7 Å². The van der Waals surface area contributed by atoms with Gasteiger partial charge in [-0.1, -0.05) is 52.7 Å². The molecule has 0 spiro atoms. The van der Waals surface area contributed by atoms with Gasteiger partial charge in [-0.3, -0.25) is 0 Å². The van der Waals surface area contributed by atoms with Crippen LogP contribution in [-0.4, -0.2) is 0 Å². The maximum atomic E-state index is 2.43.